The molecule has 27 heavy (non-hydrogen) atoms. The van der Waals surface area contributed by atoms with E-state index < -0.39 is 12.0 Å². The SMILES string of the molecule is COc1ccc(C(c2csc3ccccc23)N2CCCCC2C(=O)O)cc1. The number of carboxylic acid groups (broad SMARTS) is 1. The highest BCUT2D eigenvalue weighted by Gasteiger charge is 2.36. The highest BCUT2D eigenvalue weighted by Crippen LogP contribution is 2.40. The summed E-state index contributed by atoms with van der Waals surface area (Å²) in [5, 5.41) is 13.2. The van der Waals surface area contributed by atoms with Gasteiger partial charge in [-0.25, -0.2) is 0 Å². The van der Waals surface area contributed by atoms with Crippen LogP contribution >= 0.6 is 11.3 Å². The first kappa shape index (κ1) is 18.0. The minimum atomic E-state index is -0.729. The molecule has 2 heterocycles. The maximum Gasteiger partial charge on any atom is 0.320 e. The number of methoxy groups -OCH3 is 1. The van der Waals surface area contributed by atoms with E-state index in [1.807, 2.05) is 18.2 Å². The Bertz CT molecular complexity index is 934. The number of hydrogen-bond acceptors (Lipinski definition) is 4. The van der Waals surface area contributed by atoms with Crippen LogP contribution in [0.25, 0.3) is 10.1 Å². The fraction of sp³-hybridized carbons (Fsp3) is 0.318. The number of fused-ring (bicyclic) bond motifs is 1. The molecule has 1 fully saturated rings. The third kappa shape index (κ3) is 3.45. The third-order valence-electron chi connectivity index (χ3n) is 5.40. The first-order valence-corrected chi connectivity index (χ1v) is 10.2. The molecule has 4 nitrogen and oxygen atoms in total. The largest absolute Gasteiger partial charge is 0.497 e. The van der Waals surface area contributed by atoms with Crippen molar-refractivity contribution in [3.8, 4) is 5.75 Å². The van der Waals surface area contributed by atoms with Crippen LogP contribution in [0.4, 0.5) is 0 Å². The third-order valence-corrected chi connectivity index (χ3v) is 6.38. The van der Waals surface area contributed by atoms with Crippen molar-refractivity contribution in [2.24, 2.45) is 0 Å². The average molecular weight is 381 g/mol. The van der Waals surface area contributed by atoms with Crippen molar-refractivity contribution in [2.75, 3.05) is 13.7 Å². The summed E-state index contributed by atoms with van der Waals surface area (Å²) in [6.07, 6.45) is 2.69. The van der Waals surface area contributed by atoms with Gasteiger partial charge in [-0.3, -0.25) is 9.69 Å². The van der Waals surface area contributed by atoms with Crippen molar-refractivity contribution in [3.63, 3.8) is 0 Å². The molecular formula is C22H23NO3S. The first-order valence-electron chi connectivity index (χ1n) is 9.27. The molecule has 1 aromatic heterocycles. The summed E-state index contributed by atoms with van der Waals surface area (Å²) in [6.45, 7) is 0.790. The molecule has 0 radical (unpaired) electrons. The molecule has 5 heteroatoms. The van der Waals surface area contributed by atoms with Gasteiger partial charge in [0.25, 0.3) is 0 Å². The first-order chi connectivity index (χ1) is 13.2. The van der Waals surface area contributed by atoms with Gasteiger partial charge in [-0.05, 0) is 59.5 Å². The second kappa shape index (κ2) is 7.71. The number of thiophene rings is 1. The number of rotatable bonds is 5. The van der Waals surface area contributed by atoms with Crippen LogP contribution in [0.15, 0.2) is 53.9 Å². The van der Waals surface area contributed by atoms with Crippen LogP contribution in [-0.2, 0) is 4.79 Å². The van der Waals surface area contributed by atoms with Crippen molar-refractivity contribution >= 4 is 27.4 Å². The van der Waals surface area contributed by atoms with E-state index in [2.05, 4.69) is 40.6 Å². The van der Waals surface area contributed by atoms with Crippen LogP contribution in [0.5, 0.6) is 5.75 Å². The molecule has 1 aliphatic heterocycles. The Morgan fingerprint density at radius 3 is 2.70 bits per heavy atom. The fourth-order valence-electron chi connectivity index (χ4n) is 4.07. The van der Waals surface area contributed by atoms with Gasteiger partial charge in [0.15, 0.2) is 0 Å². The molecular weight excluding hydrogens is 358 g/mol. The van der Waals surface area contributed by atoms with Gasteiger partial charge in [-0.15, -0.1) is 11.3 Å². The Hall–Kier alpha value is -2.37. The van der Waals surface area contributed by atoms with E-state index in [1.54, 1.807) is 18.4 Å². The van der Waals surface area contributed by atoms with Crippen LogP contribution in [0.2, 0.25) is 0 Å². The molecule has 3 aromatic rings. The van der Waals surface area contributed by atoms with Crippen molar-refractivity contribution in [2.45, 2.75) is 31.3 Å². The summed E-state index contributed by atoms with van der Waals surface area (Å²) < 4.78 is 6.54. The fourth-order valence-corrected chi connectivity index (χ4v) is 5.05. The number of carbonyl (C=O) groups is 1. The predicted octanol–water partition coefficient (Wildman–Crippen LogP) is 4.94. The van der Waals surface area contributed by atoms with Gasteiger partial charge in [0.1, 0.15) is 11.8 Å². The van der Waals surface area contributed by atoms with E-state index in [1.165, 1.54) is 15.6 Å². The number of hydrogen-bond donors (Lipinski definition) is 1. The lowest BCUT2D eigenvalue weighted by Gasteiger charge is -2.39. The van der Waals surface area contributed by atoms with Crippen LogP contribution in [0.3, 0.4) is 0 Å². The van der Waals surface area contributed by atoms with Gasteiger partial charge in [-0.2, -0.15) is 0 Å². The normalized spacial score (nSPS) is 19.1. The van der Waals surface area contributed by atoms with E-state index >= 15 is 0 Å². The molecule has 0 aliphatic carbocycles. The minimum absolute atomic E-state index is 0.0755. The lowest BCUT2D eigenvalue weighted by molar-refractivity contribution is -0.145. The molecule has 0 spiro atoms. The van der Waals surface area contributed by atoms with Crippen molar-refractivity contribution in [1.29, 1.82) is 0 Å². The monoisotopic (exact) mass is 381 g/mol. The molecule has 0 amide bonds. The molecule has 2 unspecified atom stereocenters. The van der Waals surface area contributed by atoms with Gasteiger partial charge in [0, 0.05) is 4.70 Å². The topological polar surface area (TPSA) is 49.8 Å². The Morgan fingerprint density at radius 1 is 1.19 bits per heavy atom. The van der Waals surface area contributed by atoms with Crippen LogP contribution < -0.4 is 4.74 Å². The van der Waals surface area contributed by atoms with Crippen molar-refractivity contribution in [3.05, 3.63) is 65.0 Å². The van der Waals surface area contributed by atoms with Crippen LogP contribution in [0, 0.1) is 0 Å². The maximum atomic E-state index is 12.0. The summed E-state index contributed by atoms with van der Waals surface area (Å²) in [7, 11) is 1.66. The van der Waals surface area contributed by atoms with Gasteiger partial charge in [0.05, 0.1) is 13.2 Å². The Morgan fingerprint density at radius 2 is 1.96 bits per heavy atom. The molecule has 1 aliphatic rings. The number of likely N-dealkylation sites (tertiary alicyclic amines) is 1. The van der Waals surface area contributed by atoms with Crippen molar-refractivity contribution in [1.82, 2.24) is 4.90 Å². The van der Waals surface area contributed by atoms with Gasteiger partial charge in [0.2, 0.25) is 0 Å². The molecule has 0 bridgehead atoms. The molecule has 1 saturated heterocycles. The second-order valence-electron chi connectivity index (χ2n) is 6.95. The summed E-state index contributed by atoms with van der Waals surface area (Å²) in [6, 6.07) is 15.9. The summed E-state index contributed by atoms with van der Waals surface area (Å²) in [5.41, 5.74) is 2.29. The van der Waals surface area contributed by atoms with E-state index in [0.717, 1.165) is 30.7 Å². The molecule has 2 atom stereocenters. The van der Waals surface area contributed by atoms with E-state index in [9.17, 15) is 9.90 Å². The number of carboxylic acids is 1. The van der Waals surface area contributed by atoms with Crippen LogP contribution in [-0.4, -0.2) is 35.7 Å². The lowest BCUT2D eigenvalue weighted by atomic mass is 9.91. The number of piperidine rings is 1. The van der Waals surface area contributed by atoms with Crippen molar-refractivity contribution < 1.29 is 14.6 Å². The average Bonchev–Trinajstić information content (AvgIpc) is 3.13. The molecule has 4 rings (SSSR count). The quantitative estimate of drug-likeness (QED) is 0.680. The summed E-state index contributed by atoms with van der Waals surface area (Å²) in [5.74, 6) is 0.0776. The Balaban J connectivity index is 1.85. The highest BCUT2D eigenvalue weighted by atomic mass is 32.1. The summed E-state index contributed by atoms with van der Waals surface area (Å²) in [4.78, 5) is 14.1. The van der Waals surface area contributed by atoms with Gasteiger partial charge >= 0.3 is 5.97 Å². The predicted molar refractivity (Wildman–Crippen MR) is 109 cm³/mol. The molecule has 1 N–H and O–H groups in total. The molecule has 0 saturated carbocycles. The summed E-state index contributed by atoms with van der Waals surface area (Å²) >= 11 is 1.72. The zero-order chi connectivity index (χ0) is 18.8. The lowest BCUT2D eigenvalue weighted by Crippen LogP contribution is -2.46. The molecule has 140 valence electrons. The van der Waals surface area contributed by atoms with Gasteiger partial charge < -0.3 is 9.84 Å². The van der Waals surface area contributed by atoms with Gasteiger partial charge in [-0.1, -0.05) is 36.8 Å². The Kier molecular flexibility index (Phi) is 5.14. The maximum absolute atomic E-state index is 12.0. The minimum Gasteiger partial charge on any atom is -0.497 e. The number of aliphatic carboxylic acids is 1. The zero-order valence-electron chi connectivity index (χ0n) is 15.3. The zero-order valence-corrected chi connectivity index (χ0v) is 16.1. The molecule has 2 aromatic carbocycles. The smallest absolute Gasteiger partial charge is 0.320 e. The number of nitrogens with zero attached hydrogens (tertiary/aromatic N) is 1. The number of ether oxygens (including phenoxy) is 1. The van der Waals surface area contributed by atoms with E-state index in [4.69, 9.17) is 4.74 Å². The van der Waals surface area contributed by atoms with E-state index in [-0.39, 0.29) is 6.04 Å². The van der Waals surface area contributed by atoms with Crippen LogP contribution in [0.1, 0.15) is 36.4 Å². The highest BCUT2D eigenvalue weighted by molar-refractivity contribution is 7.17. The Labute approximate surface area is 163 Å². The standard InChI is InChI=1S/C22H23NO3S/c1-26-16-11-9-15(10-12-16)21(23-13-5-4-7-19(23)22(24)25)18-14-27-20-8-3-2-6-17(18)20/h2-3,6,8-12,14,19,21H,4-5,7,13H2,1H3,(H,24,25). The second-order valence-corrected chi connectivity index (χ2v) is 7.86. The number of benzene rings is 2. The van der Waals surface area contributed by atoms with E-state index in [0.29, 0.717) is 6.42 Å².